The summed E-state index contributed by atoms with van der Waals surface area (Å²) in [6.07, 6.45) is 0. The second-order valence-electron chi connectivity index (χ2n) is 3.22. The molecule has 0 aliphatic carbocycles. The molecular weight excluding hydrogens is 220 g/mol. The van der Waals surface area contributed by atoms with E-state index >= 15 is 0 Å². The van der Waals surface area contributed by atoms with Crippen LogP contribution in [0.15, 0.2) is 22.7 Å². The van der Waals surface area contributed by atoms with Gasteiger partial charge in [-0.05, 0) is 26.0 Å². The van der Waals surface area contributed by atoms with Gasteiger partial charge in [-0.1, -0.05) is 22.0 Å². The lowest BCUT2D eigenvalue weighted by atomic mass is 9.98. The Bertz CT molecular complexity index is 289. The summed E-state index contributed by atoms with van der Waals surface area (Å²) in [6, 6.07) is 5.04. The molecule has 1 aromatic carbocycles. The van der Waals surface area contributed by atoms with Crippen molar-refractivity contribution in [3.05, 3.63) is 28.2 Å². The van der Waals surface area contributed by atoms with E-state index in [0.717, 1.165) is 4.47 Å². The van der Waals surface area contributed by atoms with Crippen molar-refractivity contribution in [3.8, 4) is 5.75 Å². The summed E-state index contributed by atoms with van der Waals surface area (Å²) in [7, 11) is 0. The summed E-state index contributed by atoms with van der Waals surface area (Å²) >= 11 is 3.22. The predicted octanol–water partition coefficient (Wildman–Crippen LogP) is 2.38. The summed E-state index contributed by atoms with van der Waals surface area (Å²) < 4.78 is 0.799. The molecule has 2 nitrogen and oxygen atoms in total. The maximum Gasteiger partial charge on any atom is 0.122 e. The van der Waals surface area contributed by atoms with Gasteiger partial charge in [0.2, 0.25) is 0 Å². The van der Waals surface area contributed by atoms with E-state index in [4.69, 9.17) is 0 Å². The summed E-state index contributed by atoms with van der Waals surface area (Å²) in [5.41, 5.74) is -0.462. The van der Waals surface area contributed by atoms with Gasteiger partial charge in [-0.3, -0.25) is 0 Å². The molecule has 1 aromatic rings. The van der Waals surface area contributed by atoms with Gasteiger partial charge in [-0.25, -0.2) is 0 Å². The van der Waals surface area contributed by atoms with Gasteiger partial charge in [0.25, 0.3) is 0 Å². The smallest absolute Gasteiger partial charge is 0.122 e. The van der Waals surface area contributed by atoms with Gasteiger partial charge < -0.3 is 10.2 Å². The van der Waals surface area contributed by atoms with Crippen molar-refractivity contribution < 1.29 is 10.2 Å². The van der Waals surface area contributed by atoms with E-state index in [1.54, 1.807) is 32.0 Å². The van der Waals surface area contributed by atoms with Crippen molar-refractivity contribution >= 4 is 15.9 Å². The Morgan fingerprint density at radius 1 is 1.33 bits per heavy atom. The number of phenolic OH excluding ortho intramolecular Hbond substituents is 1. The van der Waals surface area contributed by atoms with Crippen LogP contribution >= 0.6 is 15.9 Å². The van der Waals surface area contributed by atoms with Crippen LogP contribution in [-0.2, 0) is 5.60 Å². The number of hydrogen-bond acceptors (Lipinski definition) is 2. The monoisotopic (exact) mass is 230 g/mol. The first-order chi connectivity index (χ1) is 5.41. The fourth-order valence-electron chi connectivity index (χ4n) is 1.02. The summed E-state index contributed by atoms with van der Waals surface area (Å²) in [5.74, 6) is 0.108. The second kappa shape index (κ2) is 3.07. The second-order valence-corrected chi connectivity index (χ2v) is 4.14. The molecule has 1 rings (SSSR count). The first-order valence-corrected chi connectivity index (χ1v) is 4.42. The Morgan fingerprint density at radius 3 is 2.33 bits per heavy atom. The van der Waals surface area contributed by atoms with Gasteiger partial charge in [0.15, 0.2) is 0 Å². The Morgan fingerprint density at radius 2 is 1.92 bits per heavy atom. The molecule has 0 aliphatic heterocycles. The molecule has 0 spiro atoms. The van der Waals surface area contributed by atoms with Crippen molar-refractivity contribution in [1.29, 1.82) is 0 Å². The van der Waals surface area contributed by atoms with Crippen molar-refractivity contribution in [2.24, 2.45) is 0 Å². The highest BCUT2D eigenvalue weighted by Gasteiger charge is 2.19. The SMILES string of the molecule is CC(C)(O)c1ccc(Br)cc1O. The number of benzene rings is 1. The number of phenols is 1. The molecule has 0 saturated heterocycles. The fourth-order valence-corrected chi connectivity index (χ4v) is 1.37. The van der Waals surface area contributed by atoms with E-state index in [9.17, 15) is 10.2 Å². The molecular formula is C9H11BrO2. The molecule has 12 heavy (non-hydrogen) atoms. The number of aromatic hydroxyl groups is 1. The molecule has 0 radical (unpaired) electrons. The third-order valence-corrected chi connectivity index (χ3v) is 2.11. The summed E-state index contributed by atoms with van der Waals surface area (Å²) in [4.78, 5) is 0. The molecule has 0 atom stereocenters. The van der Waals surface area contributed by atoms with Gasteiger partial charge in [0, 0.05) is 10.0 Å². The van der Waals surface area contributed by atoms with E-state index in [0.29, 0.717) is 5.56 Å². The third-order valence-electron chi connectivity index (χ3n) is 1.62. The van der Waals surface area contributed by atoms with Crippen LogP contribution in [0.1, 0.15) is 19.4 Å². The van der Waals surface area contributed by atoms with Crippen LogP contribution in [0.3, 0.4) is 0 Å². The highest BCUT2D eigenvalue weighted by atomic mass is 79.9. The summed E-state index contributed by atoms with van der Waals surface area (Å²) in [5, 5.41) is 19.0. The molecule has 3 heteroatoms. The molecule has 0 saturated carbocycles. The van der Waals surface area contributed by atoms with Crippen molar-refractivity contribution in [2.75, 3.05) is 0 Å². The third kappa shape index (κ3) is 1.99. The van der Waals surface area contributed by atoms with Crippen LogP contribution in [-0.4, -0.2) is 10.2 Å². The van der Waals surface area contributed by atoms with Crippen molar-refractivity contribution in [1.82, 2.24) is 0 Å². The minimum atomic E-state index is -0.995. The number of hydrogen-bond donors (Lipinski definition) is 2. The maximum atomic E-state index is 9.59. The van der Waals surface area contributed by atoms with Crippen LogP contribution in [0.4, 0.5) is 0 Å². The van der Waals surface area contributed by atoms with E-state index < -0.39 is 5.60 Å². The first kappa shape index (κ1) is 9.55. The van der Waals surface area contributed by atoms with Gasteiger partial charge in [0.1, 0.15) is 5.75 Å². The maximum absolute atomic E-state index is 9.59. The van der Waals surface area contributed by atoms with E-state index in [2.05, 4.69) is 15.9 Å². The highest BCUT2D eigenvalue weighted by Crippen LogP contribution is 2.30. The van der Waals surface area contributed by atoms with E-state index in [1.807, 2.05) is 0 Å². The molecule has 0 bridgehead atoms. The summed E-state index contributed by atoms with van der Waals surface area (Å²) in [6.45, 7) is 3.27. The molecule has 0 heterocycles. The molecule has 0 aliphatic rings. The van der Waals surface area contributed by atoms with E-state index in [1.165, 1.54) is 0 Å². The Balaban J connectivity index is 3.19. The van der Waals surface area contributed by atoms with Crippen LogP contribution in [0.2, 0.25) is 0 Å². The van der Waals surface area contributed by atoms with Crippen LogP contribution in [0.25, 0.3) is 0 Å². The normalized spacial score (nSPS) is 11.7. The lowest BCUT2D eigenvalue weighted by Gasteiger charge is -2.18. The minimum Gasteiger partial charge on any atom is -0.508 e. The number of rotatable bonds is 1. The van der Waals surface area contributed by atoms with Crippen LogP contribution in [0, 0.1) is 0 Å². The first-order valence-electron chi connectivity index (χ1n) is 3.62. The average molecular weight is 231 g/mol. The standard InChI is InChI=1S/C9H11BrO2/c1-9(2,12)7-4-3-6(10)5-8(7)11/h3-5,11-12H,1-2H3. The van der Waals surface area contributed by atoms with Crippen molar-refractivity contribution in [3.63, 3.8) is 0 Å². The van der Waals surface area contributed by atoms with Gasteiger partial charge >= 0.3 is 0 Å². The largest absolute Gasteiger partial charge is 0.508 e. The van der Waals surface area contributed by atoms with Gasteiger partial charge in [-0.2, -0.15) is 0 Å². The Kier molecular flexibility index (Phi) is 2.44. The molecule has 0 fully saturated rings. The molecule has 0 amide bonds. The minimum absolute atomic E-state index is 0.108. The topological polar surface area (TPSA) is 40.5 Å². The zero-order chi connectivity index (χ0) is 9.35. The quantitative estimate of drug-likeness (QED) is 0.778. The fraction of sp³-hybridized carbons (Fsp3) is 0.333. The Labute approximate surface area is 80.0 Å². The molecule has 2 N–H and O–H groups in total. The average Bonchev–Trinajstić information content (AvgIpc) is 1.83. The van der Waals surface area contributed by atoms with Crippen LogP contribution in [0.5, 0.6) is 5.75 Å². The molecule has 0 aromatic heterocycles. The predicted molar refractivity (Wildman–Crippen MR) is 51.1 cm³/mol. The zero-order valence-electron chi connectivity index (χ0n) is 7.00. The van der Waals surface area contributed by atoms with Gasteiger partial charge in [0.05, 0.1) is 5.60 Å². The lowest BCUT2D eigenvalue weighted by molar-refractivity contribution is 0.0758. The highest BCUT2D eigenvalue weighted by molar-refractivity contribution is 9.10. The zero-order valence-corrected chi connectivity index (χ0v) is 8.59. The molecule has 66 valence electrons. The van der Waals surface area contributed by atoms with Crippen molar-refractivity contribution in [2.45, 2.75) is 19.4 Å². The van der Waals surface area contributed by atoms with Gasteiger partial charge in [-0.15, -0.1) is 0 Å². The number of halogens is 1. The molecule has 0 unspecified atom stereocenters. The lowest BCUT2D eigenvalue weighted by Crippen LogP contribution is -2.15. The Hall–Kier alpha value is -0.540. The van der Waals surface area contributed by atoms with E-state index in [-0.39, 0.29) is 5.75 Å². The van der Waals surface area contributed by atoms with Crippen LogP contribution < -0.4 is 0 Å². The number of aliphatic hydroxyl groups is 1.